The molecule has 2 aromatic rings. The van der Waals surface area contributed by atoms with Crippen LogP contribution in [0.4, 0.5) is 0 Å². The monoisotopic (exact) mass is 256 g/mol. The van der Waals surface area contributed by atoms with Crippen molar-refractivity contribution in [2.75, 3.05) is 6.54 Å². The van der Waals surface area contributed by atoms with Crippen LogP contribution in [-0.4, -0.2) is 11.1 Å². The van der Waals surface area contributed by atoms with Gasteiger partial charge in [-0.25, -0.2) is 0 Å². The summed E-state index contributed by atoms with van der Waals surface area (Å²) in [6.07, 6.45) is 4.88. The molecule has 1 aromatic carbocycles. The van der Waals surface area contributed by atoms with Crippen LogP contribution in [0.25, 0.3) is 10.9 Å². The molecule has 0 fully saturated rings. The normalized spacial score (nSPS) is 22.7. The number of fused-ring (bicyclic) bond motifs is 3. The highest BCUT2D eigenvalue weighted by Gasteiger charge is 2.35. The lowest BCUT2D eigenvalue weighted by atomic mass is 9.72. The minimum atomic E-state index is 0.261. The summed E-state index contributed by atoms with van der Waals surface area (Å²) < 4.78 is 2.53. The number of nitrogens with zero attached hydrogens (tertiary/aromatic N) is 1. The Morgan fingerprint density at radius 1 is 1.32 bits per heavy atom. The smallest absolute Gasteiger partial charge is 0.0485 e. The van der Waals surface area contributed by atoms with Crippen LogP contribution in [0.1, 0.15) is 44.4 Å². The maximum Gasteiger partial charge on any atom is 0.0485 e. The van der Waals surface area contributed by atoms with Gasteiger partial charge in [-0.05, 0) is 50.8 Å². The fourth-order valence-electron chi connectivity index (χ4n) is 3.98. The van der Waals surface area contributed by atoms with Crippen LogP contribution in [0.3, 0.4) is 0 Å². The molecule has 0 spiro atoms. The molecule has 2 heteroatoms. The van der Waals surface area contributed by atoms with Gasteiger partial charge in [0.2, 0.25) is 0 Å². The summed E-state index contributed by atoms with van der Waals surface area (Å²) in [5.41, 5.74) is 10.7. The van der Waals surface area contributed by atoms with Crippen LogP contribution in [0, 0.1) is 0 Å². The SMILES string of the molecule is CCn1c2c(c3ccccc31)CCCC2(C)CCN. The Kier molecular flexibility index (Phi) is 3.14. The summed E-state index contributed by atoms with van der Waals surface area (Å²) in [7, 11) is 0. The van der Waals surface area contributed by atoms with Gasteiger partial charge in [0.1, 0.15) is 0 Å². The topological polar surface area (TPSA) is 30.9 Å². The van der Waals surface area contributed by atoms with Gasteiger partial charge in [-0.1, -0.05) is 25.1 Å². The number of aryl methyl sites for hydroxylation is 2. The molecule has 1 aromatic heterocycles. The lowest BCUT2D eigenvalue weighted by Gasteiger charge is -2.35. The Labute approximate surface area is 115 Å². The second kappa shape index (κ2) is 4.68. The molecule has 0 aliphatic heterocycles. The standard InChI is InChI=1S/C17H24N2/c1-3-19-15-9-5-4-7-13(15)14-8-6-10-17(2,11-12-18)16(14)19/h4-5,7,9H,3,6,8,10-12,18H2,1-2H3. The van der Waals surface area contributed by atoms with Crippen molar-refractivity contribution in [1.82, 2.24) is 4.57 Å². The van der Waals surface area contributed by atoms with E-state index < -0.39 is 0 Å². The third-order valence-electron chi connectivity index (χ3n) is 4.82. The molecule has 0 saturated carbocycles. The summed E-state index contributed by atoms with van der Waals surface area (Å²) in [6.45, 7) is 6.49. The van der Waals surface area contributed by atoms with E-state index >= 15 is 0 Å². The highest BCUT2D eigenvalue weighted by molar-refractivity contribution is 5.86. The van der Waals surface area contributed by atoms with E-state index in [2.05, 4.69) is 42.7 Å². The van der Waals surface area contributed by atoms with E-state index in [1.807, 2.05) is 0 Å². The van der Waals surface area contributed by atoms with Crippen molar-refractivity contribution in [3.05, 3.63) is 35.5 Å². The number of aromatic nitrogens is 1. The first-order valence-corrected chi connectivity index (χ1v) is 7.52. The molecular weight excluding hydrogens is 232 g/mol. The predicted molar refractivity (Wildman–Crippen MR) is 81.6 cm³/mol. The molecule has 102 valence electrons. The van der Waals surface area contributed by atoms with Crippen molar-refractivity contribution in [1.29, 1.82) is 0 Å². The number of rotatable bonds is 3. The average molecular weight is 256 g/mol. The lowest BCUT2D eigenvalue weighted by molar-refractivity contribution is 0.350. The minimum Gasteiger partial charge on any atom is -0.344 e. The first-order chi connectivity index (χ1) is 9.21. The van der Waals surface area contributed by atoms with Gasteiger partial charge in [0.25, 0.3) is 0 Å². The highest BCUT2D eigenvalue weighted by Crippen LogP contribution is 2.43. The number of benzene rings is 1. The molecule has 2 N–H and O–H groups in total. The number of hydrogen-bond acceptors (Lipinski definition) is 1. The molecule has 0 radical (unpaired) electrons. The quantitative estimate of drug-likeness (QED) is 0.893. The van der Waals surface area contributed by atoms with Gasteiger partial charge in [0, 0.05) is 28.6 Å². The van der Waals surface area contributed by atoms with Crippen LogP contribution in [0.5, 0.6) is 0 Å². The molecule has 19 heavy (non-hydrogen) atoms. The third kappa shape index (κ3) is 1.81. The van der Waals surface area contributed by atoms with Crippen LogP contribution >= 0.6 is 0 Å². The second-order valence-corrected chi connectivity index (χ2v) is 6.04. The zero-order valence-electron chi connectivity index (χ0n) is 12.1. The first-order valence-electron chi connectivity index (χ1n) is 7.52. The van der Waals surface area contributed by atoms with Gasteiger partial charge in [-0.15, -0.1) is 0 Å². The van der Waals surface area contributed by atoms with E-state index in [-0.39, 0.29) is 5.41 Å². The summed E-state index contributed by atoms with van der Waals surface area (Å²) in [6, 6.07) is 8.87. The molecular formula is C17H24N2. The maximum atomic E-state index is 5.88. The summed E-state index contributed by atoms with van der Waals surface area (Å²) in [5.74, 6) is 0. The van der Waals surface area contributed by atoms with E-state index in [0.29, 0.717) is 0 Å². The van der Waals surface area contributed by atoms with E-state index in [1.54, 1.807) is 11.3 Å². The molecule has 1 heterocycles. The fourth-order valence-corrected chi connectivity index (χ4v) is 3.98. The Morgan fingerprint density at radius 2 is 2.11 bits per heavy atom. The van der Waals surface area contributed by atoms with Gasteiger partial charge in [-0.3, -0.25) is 0 Å². The van der Waals surface area contributed by atoms with Gasteiger partial charge in [0.05, 0.1) is 0 Å². The molecule has 0 saturated heterocycles. The maximum absolute atomic E-state index is 5.88. The largest absolute Gasteiger partial charge is 0.344 e. The number of hydrogen-bond donors (Lipinski definition) is 1. The molecule has 1 aliphatic rings. The predicted octanol–water partition coefficient (Wildman–Crippen LogP) is 3.60. The Hall–Kier alpha value is -1.28. The molecule has 0 bridgehead atoms. The average Bonchev–Trinajstić information content (AvgIpc) is 2.75. The van der Waals surface area contributed by atoms with E-state index in [1.165, 1.54) is 30.2 Å². The minimum absolute atomic E-state index is 0.261. The number of nitrogens with two attached hydrogens (primary N) is 1. The van der Waals surface area contributed by atoms with Crippen LogP contribution in [0.15, 0.2) is 24.3 Å². The van der Waals surface area contributed by atoms with Crippen molar-refractivity contribution in [2.45, 2.75) is 51.5 Å². The summed E-state index contributed by atoms with van der Waals surface area (Å²) in [5, 5.41) is 1.46. The fraction of sp³-hybridized carbons (Fsp3) is 0.529. The zero-order valence-corrected chi connectivity index (χ0v) is 12.1. The van der Waals surface area contributed by atoms with Crippen molar-refractivity contribution in [3.63, 3.8) is 0 Å². The van der Waals surface area contributed by atoms with E-state index in [0.717, 1.165) is 19.5 Å². The van der Waals surface area contributed by atoms with Crippen molar-refractivity contribution in [2.24, 2.45) is 5.73 Å². The summed E-state index contributed by atoms with van der Waals surface area (Å²) in [4.78, 5) is 0. The lowest BCUT2D eigenvalue weighted by Crippen LogP contribution is -2.32. The molecule has 2 nitrogen and oxygen atoms in total. The molecule has 3 rings (SSSR count). The Balaban J connectivity index is 2.31. The van der Waals surface area contributed by atoms with Gasteiger partial charge in [-0.2, -0.15) is 0 Å². The van der Waals surface area contributed by atoms with Gasteiger partial charge < -0.3 is 10.3 Å². The summed E-state index contributed by atoms with van der Waals surface area (Å²) >= 11 is 0. The molecule has 1 aliphatic carbocycles. The van der Waals surface area contributed by atoms with Crippen molar-refractivity contribution >= 4 is 10.9 Å². The highest BCUT2D eigenvalue weighted by atomic mass is 15.0. The second-order valence-electron chi connectivity index (χ2n) is 6.04. The van der Waals surface area contributed by atoms with Crippen LogP contribution in [-0.2, 0) is 18.4 Å². The van der Waals surface area contributed by atoms with Crippen LogP contribution < -0.4 is 5.73 Å². The third-order valence-corrected chi connectivity index (χ3v) is 4.82. The van der Waals surface area contributed by atoms with Gasteiger partial charge in [0.15, 0.2) is 0 Å². The molecule has 0 amide bonds. The van der Waals surface area contributed by atoms with Gasteiger partial charge >= 0.3 is 0 Å². The Bertz CT molecular complexity index is 564. The number of para-hydroxylation sites is 1. The van der Waals surface area contributed by atoms with E-state index in [4.69, 9.17) is 5.73 Å². The first kappa shape index (κ1) is 12.7. The van der Waals surface area contributed by atoms with E-state index in [9.17, 15) is 0 Å². The van der Waals surface area contributed by atoms with Crippen molar-refractivity contribution < 1.29 is 0 Å². The zero-order chi connectivity index (χ0) is 13.5. The Morgan fingerprint density at radius 3 is 2.84 bits per heavy atom. The molecule has 1 unspecified atom stereocenters. The molecule has 1 atom stereocenters. The van der Waals surface area contributed by atoms with Crippen LogP contribution in [0.2, 0.25) is 0 Å². The van der Waals surface area contributed by atoms with Crippen molar-refractivity contribution in [3.8, 4) is 0 Å².